The number of likely N-dealkylation sites (tertiary alicyclic amines) is 3. The van der Waals surface area contributed by atoms with Crippen LogP contribution in [0, 0.1) is 75.7 Å². The van der Waals surface area contributed by atoms with Crippen molar-refractivity contribution in [1.29, 1.82) is 0 Å². The lowest BCUT2D eigenvalue weighted by molar-refractivity contribution is -0.138. The number of carbonyl (C=O) groups is 3. The minimum absolute atomic E-state index is 0.00892. The molecule has 0 radical (unpaired) electrons. The van der Waals surface area contributed by atoms with E-state index in [0.717, 1.165) is 57.1 Å². The Kier molecular flexibility index (Phi) is 31.8. The number of hydrogen-bond donors (Lipinski definition) is 3. The number of piperazine rings is 3. The second-order valence-electron chi connectivity index (χ2n) is 35.8. The fourth-order valence-electron chi connectivity index (χ4n) is 19.1. The summed E-state index contributed by atoms with van der Waals surface area (Å²) in [5, 5.41) is -1.09. The van der Waals surface area contributed by atoms with Gasteiger partial charge >= 0.3 is 36.6 Å². The third-order valence-corrected chi connectivity index (χ3v) is 26.3. The number of anilines is 6. The maximum Gasteiger partial charge on any atom is 0.418 e. The van der Waals surface area contributed by atoms with Gasteiger partial charge < -0.3 is 75.3 Å². The number of benzene rings is 3. The van der Waals surface area contributed by atoms with Gasteiger partial charge in [0.2, 0.25) is 19.6 Å². The summed E-state index contributed by atoms with van der Waals surface area (Å²) in [4.78, 5) is 101. The number of halogens is 18. The van der Waals surface area contributed by atoms with E-state index in [2.05, 4.69) is 115 Å². The third kappa shape index (κ3) is 22.7. The first-order chi connectivity index (χ1) is 66.3. The van der Waals surface area contributed by atoms with Crippen molar-refractivity contribution >= 4 is 120 Å². The van der Waals surface area contributed by atoms with Crippen LogP contribution in [0.2, 0.25) is 15.1 Å². The van der Waals surface area contributed by atoms with Crippen LogP contribution in [0.5, 0.6) is 18.0 Å². The van der Waals surface area contributed by atoms with Crippen molar-refractivity contribution in [3.8, 4) is 51.8 Å². The Balaban J connectivity index is 0.000000178. The number of alkyl halides is 9. The van der Waals surface area contributed by atoms with Gasteiger partial charge in [-0.2, -0.15) is 69.4 Å². The van der Waals surface area contributed by atoms with Gasteiger partial charge in [0.05, 0.1) is 65.5 Å². The molecule has 9 atom stereocenters. The first-order valence-electron chi connectivity index (χ1n) is 44.1. The van der Waals surface area contributed by atoms with E-state index >= 15 is 13.2 Å². The van der Waals surface area contributed by atoms with Crippen LogP contribution in [-0.2, 0) is 32.9 Å². The van der Waals surface area contributed by atoms with Crippen molar-refractivity contribution in [2.75, 3.05) is 171 Å². The molecule has 0 aliphatic carbocycles. The van der Waals surface area contributed by atoms with Gasteiger partial charge in [0.25, 0.3) is 17.7 Å². The van der Waals surface area contributed by atoms with Gasteiger partial charge in [-0.05, 0) is 132 Å². The zero-order valence-corrected chi connectivity index (χ0v) is 79.8. The van der Waals surface area contributed by atoms with Gasteiger partial charge in [-0.3, -0.25) is 29.1 Å². The molecule has 0 bridgehead atoms. The maximum absolute atomic E-state index is 16.6. The van der Waals surface area contributed by atoms with Crippen LogP contribution >= 0.6 is 34.8 Å². The molecule has 3 amide bonds. The van der Waals surface area contributed by atoms with Crippen molar-refractivity contribution < 1.29 is 94.5 Å². The predicted octanol–water partition coefficient (Wildman–Crippen LogP) is 16.6. The lowest BCUT2D eigenvalue weighted by atomic mass is 9.99. The normalized spacial score (nSPS) is 20.5. The first-order valence-corrected chi connectivity index (χ1v) is 45.3. The number of aromatic nitrogens is 9. The molecule has 0 saturated carbocycles. The highest BCUT2D eigenvalue weighted by Gasteiger charge is 2.46. The summed E-state index contributed by atoms with van der Waals surface area (Å²) in [5.74, 6) is -9.18. The zero-order chi connectivity index (χ0) is 103. The number of rotatable bonds is 21. The third-order valence-electron chi connectivity index (χ3n) is 25.4. The summed E-state index contributed by atoms with van der Waals surface area (Å²) >= 11 is 19.6. The molecule has 141 heavy (non-hydrogen) atoms. The number of carbonyl (C=O) groups excluding carboxylic acids is 3. The van der Waals surface area contributed by atoms with E-state index in [1.165, 1.54) is 53.7 Å². The second-order valence-corrected chi connectivity index (χ2v) is 37.1. The molecule has 750 valence electrons. The molecule has 15 rings (SSSR count). The number of likely N-dealkylation sites (N-methyl/N-ethyl adjacent to an activating group) is 3. The average Bonchev–Trinajstić information content (AvgIpc) is 1.24. The number of amides is 3. The molecule has 48 heteroatoms. The van der Waals surface area contributed by atoms with Crippen LogP contribution in [-0.4, -0.2) is 267 Å². The van der Waals surface area contributed by atoms with E-state index in [0.29, 0.717) is 17.8 Å². The van der Waals surface area contributed by atoms with E-state index in [1.54, 1.807) is 14.7 Å². The van der Waals surface area contributed by atoms with Crippen LogP contribution < -0.4 is 46.1 Å². The largest absolute Gasteiger partial charge is 0.462 e. The fraction of sp³-hybridized carbons (Fsp3) is 0.452. The minimum Gasteiger partial charge on any atom is -0.462 e. The Morgan fingerprint density at radius 1 is 0.404 bits per heavy atom. The molecule has 6 aromatic heterocycles. The lowest BCUT2D eigenvalue weighted by Crippen LogP contribution is -2.56. The van der Waals surface area contributed by atoms with E-state index in [4.69, 9.17) is 85.9 Å². The Labute approximate surface area is 814 Å². The molecule has 6 saturated heterocycles. The highest BCUT2D eigenvalue weighted by Crippen LogP contribution is 2.50. The summed E-state index contributed by atoms with van der Waals surface area (Å²) < 4.78 is 237. The van der Waals surface area contributed by atoms with E-state index in [1.807, 2.05) is 21.1 Å². The quantitative estimate of drug-likeness (QED) is 0.0342. The molecule has 3 aromatic carbocycles. The van der Waals surface area contributed by atoms with Crippen LogP contribution in [0.4, 0.5) is 101 Å². The van der Waals surface area contributed by atoms with E-state index in [-0.39, 0.29) is 219 Å². The molecule has 0 spiro atoms. The SMILES string of the molecule is [C-]#[N+]C[C@@H]1CN(c2nc(OC[C@@H]3C[C@@H](C)CN3C)nc3c(F)c(-c4nc(N)cc(C)c4C(F)(F)F)c(Cl)cc23)CCN1C(=O)C(=C)F.[C-]#[N+]C[C@@H]1CN(c2nc(OC[C@@H]3C[C@@H](C)CN3C)nc3c(F)c(-c4nc(N)cc(C)c4C(F)(F)F)c(Cl)cc23)CCN1C(=O)C(=C)F.[C-]#[N+]C[C@H]1CN(c2nc(OC[C@@H]3C[C@@H](C)CN3C)nc3c(F)c(-c4nc(N)cc(C)c4C(F)(F)F)c(Cl)cc23)CCN1C(=O)C(=C)F. The van der Waals surface area contributed by atoms with Crippen molar-refractivity contribution in [3.05, 3.63) is 174 Å². The monoisotopic (exact) mass is 2030 g/mol. The number of hydrogen-bond acceptors (Lipinski definition) is 24. The van der Waals surface area contributed by atoms with Crippen molar-refractivity contribution in [3.63, 3.8) is 0 Å². The van der Waals surface area contributed by atoms with E-state index < -0.39 is 155 Å². The lowest BCUT2D eigenvalue weighted by Gasteiger charge is -2.39. The Morgan fingerprint density at radius 3 is 0.851 bits per heavy atom. The van der Waals surface area contributed by atoms with Gasteiger partial charge in [-0.15, -0.1) is 0 Å². The summed E-state index contributed by atoms with van der Waals surface area (Å²) in [5.41, 5.74) is 7.50. The molecule has 9 aromatic rings. The van der Waals surface area contributed by atoms with Crippen molar-refractivity contribution in [2.24, 2.45) is 17.8 Å². The highest BCUT2D eigenvalue weighted by atomic mass is 35.5. The molecule has 6 N–H and O–H groups in total. The smallest absolute Gasteiger partial charge is 0.418 e. The molecule has 6 aliphatic heterocycles. The molecule has 0 unspecified atom stereocenters. The fourth-order valence-corrected chi connectivity index (χ4v) is 20.0. The predicted molar refractivity (Wildman–Crippen MR) is 501 cm³/mol. The van der Waals surface area contributed by atoms with Gasteiger partial charge in [0.1, 0.15) is 89.4 Å². The Bertz CT molecular complexity index is 5960. The molecule has 6 aliphatic rings. The summed E-state index contributed by atoms with van der Waals surface area (Å²) in [6.07, 6.45) is -12.2. The molecular weight excluding hydrogens is 1940 g/mol. The van der Waals surface area contributed by atoms with Gasteiger partial charge in [0.15, 0.2) is 34.9 Å². The number of fused-ring (bicyclic) bond motifs is 3. The van der Waals surface area contributed by atoms with E-state index in [9.17, 15) is 67.1 Å². The van der Waals surface area contributed by atoms with Crippen molar-refractivity contribution in [2.45, 2.75) is 116 Å². The second kappa shape index (κ2) is 42.5. The Hall–Kier alpha value is -12.9. The zero-order valence-electron chi connectivity index (χ0n) is 77.5. The first kappa shape index (κ1) is 105. The molecule has 12 heterocycles. The van der Waals surface area contributed by atoms with Gasteiger partial charge in [0, 0.05) is 113 Å². The number of aryl methyl sites for hydroxylation is 3. The summed E-state index contributed by atoms with van der Waals surface area (Å²) in [7, 11) is 5.84. The van der Waals surface area contributed by atoms with Crippen LogP contribution in [0.3, 0.4) is 0 Å². The number of ether oxygens (including phenoxy) is 3. The van der Waals surface area contributed by atoms with Crippen LogP contribution in [0.1, 0.15) is 73.4 Å². The topological polar surface area (TPSA) is 315 Å². The molecular formula is C93H96Cl3F15N24O6. The maximum atomic E-state index is 16.6. The number of nitrogens with zero attached hydrogens (tertiary/aromatic N) is 21. The highest BCUT2D eigenvalue weighted by molar-refractivity contribution is 6.35. The summed E-state index contributed by atoms with van der Waals surface area (Å²) in [6.45, 7) is 43.8. The average molecular weight is 2040 g/mol. The molecule has 6 fully saturated rings. The number of pyridine rings is 3. The van der Waals surface area contributed by atoms with Crippen molar-refractivity contribution in [1.82, 2.24) is 74.3 Å². The van der Waals surface area contributed by atoms with Gasteiger partial charge in [-0.25, -0.2) is 61.0 Å². The number of nitrogen functional groups attached to an aromatic ring is 3. The van der Waals surface area contributed by atoms with Crippen LogP contribution in [0.15, 0.2) is 73.6 Å². The van der Waals surface area contributed by atoms with Gasteiger partial charge in [-0.1, -0.05) is 75.3 Å². The number of nitrogens with two attached hydrogens (primary N) is 3. The Morgan fingerprint density at radius 2 is 0.645 bits per heavy atom. The minimum atomic E-state index is -4.92. The molecule has 30 nitrogen and oxygen atoms in total. The standard InChI is InChI=1S/3C31H32ClF5N8O2/c3*1-15-8-18(43(5)12-15)14-47-30-41-26-20(28(42-30)44-6-7-45(29(46)17(3)33)19(13-44)11-39-4)10-21(32)23(25(26)34)27-24(31(35,36)37)16(2)9-22(38)40-27/h3*9-10,15,18-19H,3,6-8,11-14H2,1-2,5H3,(H2,38,40)/t15-,18+,19+;2*15-,18+,19-/m111/s1. The summed E-state index contributed by atoms with van der Waals surface area (Å²) in [6, 6.07) is 3.82. The van der Waals surface area contributed by atoms with Crippen LogP contribution in [0.25, 0.3) is 81.0 Å².